The van der Waals surface area contributed by atoms with E-state index in [0.29, 0.717) is 5.39 Å². The predicted molar refractivity (Wildman–Crippen MR) is 111 cm³/mol. The largest absolute Gasteiger partial charge is 0.493 e. The van der Waals surface area contributed by atoms with Gasteiger partial charge in [0.05, 0.1) is 11.2 Å². The lowest BCUT2D eigenvalue weighted by Crippen LogP contribution is -2.16. The predicted octanol–water partition coefficient (Wildman–Crippen LogP) is 3.77. The topological polar surface area (TPSA) is 122 Å². The van der Waals surface area contributed by atoms with Gasteiger partial charge in [0.15, 0.2) is 5.69 Å². The molecule has 1 aromatic heterocycles. The van der Waals surface area contributed by atoms with Crippen LogP contribution in [0.1, 0.15) is 0 Å². The first-order chi connectivity index (χ1) is 12.7. The molecule has 0 atom stereocenters. The number of aryl methyl sites for hydroxylation is 1. The Balaban J connectivity index is 1.93. The highest BCUT2D eigenvalue weighted by Gasteiger charge is 2.17. The van der Waals surface area contributed by atoms with Crippen molar-refractivity contribution in [1.82, 2.24) is 4.57 Å². The van der Waals surface area contributed by atoms with Crippen LogP contribution < -0.4 is 10.5 Å². The molecule has 140 valence electrons. The van der Waals surface area contributed by atoms with Gasteiger partial charge in [-0.15, -0.1) is 10.2 Å². The summed E-state index contributed by atoms with van der Waals surface area (Å²) in [5.74, 6) is -0.0756. The number of azo groups is 1. The third-order valence-corrected chi connectivity index (χ3v) is 5.58. The van der Waals surface area contributed by atoms with Gasteiger partial charge >= 0.3 is 0 Å². The minimum Gasteiger partial charge on any atom is -0.493 e. The maximum atomic E-state index is 11.6. The molecule has 8 nitrogen and oxygen atoms in total. The molecule has 3 rings (SSSR count). The van der Waals surface area contributed by atoms with Crippen molar-refractivity contribution in [2.75, 3.05) is 5.32 Å². The van der Waals surface area contributed by atoms with E-state index in [1.54, 1.807) is 29.8 Å². The van der Waals surface area contributed by atoms with Crippen molar-refractivity contribution in [3.63, 3.8) is 0 Å². The van der Waals surface area contributed by atoms with E-state index in [2.05, 4.69) is 31.5 Å². The normalized spacial score (nSPS) is 12.0. The summed E-state index contributed by atoms with van der Waals surface area (Å²) < 4.78 is 25.6. The van der Waals surface area contributed by atoms with Crippen LogP contribution in [0, 0.1) is 0 Å². The van der Waals surface area contributed by atoms with Crippen LogP contribution in [0.4, 0.5) is 11.4 Å². The Morgan fingerprint density at radius 2 is 1.96 bits per heavy atom. The van der Waals surface area contributed by atoms with E-state index in [1.807, 2.05) is 12.1 Å². The third kappa shape index (κ3) is 3.86. The van der Waals surface area contributed by atoms with Gasteiger partial charge < -0.3 is 15.0 Å². The molecule has 1 heterocycles. The monoisotopic (exact) mass is 467 g/mol. The number of anilines is 1. The Hall–Kier alpha value is -2.34. The number of para-hydroxylation sites is 2. The highest BCUT2D eigenvalue weighted by molar-refractivity contribution is 9.10. The number of hydrogen-bond donors (Lipinski definition) is 3. The smallest absolute Gasteiger partial charge is 0.240 e. The zero-order valence-corrected chi connectivity index (χ0v) is 17.1. The molecule has 0 bridgehead atoms. The fourth-order valence-corrected chi connectivity index (χ4v) is 4.06. The molecule has 0 saturated heterocycles. The standard InChI is InChI=1S/C16H14BrN5O3S2/c1-22-14-9(5-4-6-10(14)17)13(15(22)23)20-21-16(26)19-11-7-2-3-8-12(11)27(18,24)25/h2-8,23H,1H3,(H,19,26)(H2,18,24,25). The van der Waals surface area contributed by atoms with Gasteiger partial charge in [0.1, 0.15) is 4.90 Å². The third-order valence-electron chi connectivity index (χ3n) is 3.78. The Morgan fingerprint density at radius 3 is 2.67 bits per heavy atom. The second-order valence-corrected chi connectivity index (χ2v) is 8.31. The van der Waals surface area contributed by atoms with Gasteiger partial charge in [-0.3, -0.25) is 0 Å². The summed E-state index contributed by atoms with van der Waals surface area (Å²) in [5, 5.41) is 26.7. The van der Waals surface area contributed by atoms with Crippen LogP contribution in [0.3, 0.4) is 0 Å². The molecule has 0 aliphatic heterocycles. The first-order valence-corrected chi connectivity index (χ1v) is 10.3. The van der Waals surface area contributed by atoms with Gasteiger partial charge in [-0.25, -0.2) is 13.6 Å². The molecule has 0 aliphatic carbocycles. The van der Waals surface area contributed by atoms with Gasteiger partial charge in [-0.05, 0) is 46.3 Å². The zero-order chi connectivity index (χ0) is 19.8. The number of benzene rings is 2. The summed E-state index contributed by atoms with van der Waals surface area (Å²) in [6.07, 6.45) is 0. The highest BCUT2D eigenvalue weighted by Crippen LogP contribution is 2.40. The number of sulfonamides is 1. The molecule has 2 aromatic carbocycles. The number of fused-ring (bicyclic) bond motifs is 1. The molecule has 3 aromatic rings. The SMILES string of the molecule is Cn1c(O)c(N=NC(=S)Nc2ccccc2S(N)(=O)=O)c2cccc(Br)c21. The Bertz CT molecular complexity index is 1190. The number of nitrogens with two attached hydrogens (primary N) is 1. The van der Waals surface area contributed by atoms with Gasteiger partial charge in [-0.2, -0.15) is 0 Å². The van der Waals surface area contributed by atoms with Crippen LogP contribution in [0.15, 0.2) is 62.1 Å². The van der Waals surface area contributed by atoms with Gasteiger partial charge in [0.25, 0.3) is 0 Å². The number of nitrogens with one attached hydrogen (secondary N) is 1. The van der Waals surface area contributed by atoms with Crippen LogP contribution in [-0.2, 0) is 17.1 Å². The van der Waals surface area contributed by atoms with Crippen molar-refractivity contribution in [3.8, 4) is 5.88 Å². The Morgan fingerprint density at radius 1 is 1.26 bits per heavy atom. The fourth-order valence-electron chi connectivity index (χ4n) is 2.58. The molecule has 0 radical (unpaired) electrons. The summed E-state index contributed by atoms with van der Waals surface area (Å²) in [7, 11) is -2.23. The molecule has 0 unspecified atom stereocenters. The Kier molecular flexibility index (Phi) is 5.29. The molecular weight excluding hydrogens is 454 g/mol. The second kappa shape index (κ2) is 7.35. The maximum absolute atomic E-state index is 11.6. The van der Waals surface area contributed by atoms with Crippen molar-refractivity contribution in [3.05, 3.63) is 46.9 Å². The summed E-state index contributed by atoms with van der Waals surface area (Å²) in [6.45, 7) is 0. The number of aromatic hydroxyl groups is 1. The lowest BCUT2D eigenvalue weighted by Gasteiger charge is -2.08. The highest BCUT2D eigenvalue weighted by atomic mass is 79.9. The van der Waals surface area contributed by atoms with Crippen molar-refractivity contribution in [2.45, 2.75) is 4.90 Å². The van der Waals surface area contributed by atoms with Crippen LogP contribution in [0.5, 0.6) is 5.88 Å². The fraction of sp³-hybridized carbons (Fsp3) is 0.0625. The van der Waals surface area contributed by atoms with Crippen LogP contribution in [-0.4, -0.2) is 23.2 Å². The lowest BCUT2D eigenvalue weighted by atomic mass is 10.2. The minimum absolute atomic E-state index is 0.0756. The van der Waals surface area contributed by atoms with Crippen LogP contribution in [0.2, 0.25) is 0 Å². The number of aromatic nitrogens is 1. The first kappa shape index (κ1) is 19.4. The van der Waals surface area contributed by atoms with Gasteiger partial charge in [0.2, 0.25) is 21.0 Å². The summed E-state index contributed by atoms with van der Waals surface area (Å²) in [6, 6.07) is 11.5. The maximum Gasteiger partial charge on any atom is 0.240 e. The molecular formula is C16H14BrN5O3S2. The van der Waals surface area contributed by atoms with E-state index in [1.165, 1.54) is 12.1 Å². The number of rotatable bonds is 3. The van der Waals surface area contributed by atoms with Crippen LogP contribution >= 0.6 is 28.1 Å². The lowest BCUT2D eigenvalue weighted by molar-refractivity contribution is 0.436. The van der Waals surface area contributed by atoms with Gasteiger partial charge in [-0.1, -0.05) is 24.3 Å². The quantitative estimate of drug-likeness (QED) is 0.399. The first-order valence-electron chi connectivity index (χ1n) is 7.50. The number of hydrogen-bond acceptors (Lipinski definition) is 5. The molecule has 0 spiro atoms. The molecule has 0 amide bonds. The van der Waals surface area contributed by atoms with Gasteiger partial charge in [0, 0.05) is 16.9 Å². The van der Waals surface area contributed by atoms with Crippen LogP contribution in [0.25, 0.3) is 10.9 Å². The number of nitrogens with zero attached hydrogens (tertiary/aromatic N) is 3. The summed E-state index contributed by atoms with van der Waals surface area (Å²) >= 11 is 8.55. The van der Waals surface area contributed by atoms with Crippen molar-refractivity contribution < 1.29 is 13.5 Å². The number of thiocarbonyl (C=S) groups is 1. The molecule has 11 heteroatoms. The minimum atomic E-state index is -3.93. The van der Waals surface area contributed by atoms with E-state index in [4.69, 9.17) is 17.4 Å². The molecule has 0 saturated carbocycles. The van der Waals surface area contributed by atoms with E-state index < -0.39 is 10.0 Å². The molecule has 0 fully saturated rings. The Labute approximate surface area is 168 Å². The number of primary sulfonamides is 1. The van der Waals surface area contributed by atoms with Crippen molar-refractivity contribution >= 4 is 65.6 Å². The number of halogens is 1. The second-order valence-electron chi connectivity index (χ2n) is 5.54. The van der Waals surface area contributed by atoms with Crippen molar-refractivity contribution in [2.24, 2.45) is 22.4 Å². The average Bonchev–Trinajstić information content (AvgIpc) is 2.84. The summed E-state index contributed by atoms with van der Waals surface area (Å²) in [4.78, 5) is -0.112. The summed E-state index contributed by atoms with van der Waals surface area (Å²) in [5.41, 5.74) is 1.19. The molecule has 27 heavy (non-hydrogen) atoms. The zero-order valence-electron chi connectivity index (χ0n) is 13.9. The van der Waals surface area contributed by atoms with E-state index in [0.717, 1.165) is 9.99 Å². The molecule has 4 N–H and O–H groups in total. The molecule has 0 aliphatic rings. The van der Waals surface area contributed by atoms with E-state index in [-0.39, 0.29) is 27.3 Å². The van der Waals surface area contributed by atoms with E-state index in [9.17, 15) is 13.5 Å². The van der Waals surface area contributed by atoms with E-state index >= 15 is 0 Å². The average molecular weight is 468 g/mol. The van der Waals surface area contributed by atoms with Crippen molar-refractivity contribution in [1.29, 1.82) is 0 Å².